The SMILES string of the molecule is C[C@@H]1CN(C(=O)C2(Cc3ccccc3)CC2)C[C@H]1C(=O)O. The van der Waals surface area contributed by atoms with Crippen LogP contribution in [0.25, 0.3) is 0 Å². The van der Waals surface area contributed by atoms with E-state index in [1.165, 1.54) is 5.56 Å². The molecule has 4 heteroatoms. The number of rotatable bonds is 4. The van der Waals surface area contributed by atoms with Crippen LogP contribution in [0.5, 0.6) is 0 Å². The molecule has 0 aromatic heterocycles. The number of carbonyl (C=O) groups is 2. The van der Waals surface area contributed by atoms with Gasteiger partial charge >= 0.3 is 5.97 Å². The minimum Gasteiger partial charge on any atom is -0.481 e. The first-order valence-electron chi connectivity index (χ1n) is 7.58. The lowest BCUT2D eigenvalue weighted by Gasteiger charge is -2.23. The molecule has 21 heavy (non-hydrogen) atoms. The van der Waals surface area contributed by atoms with Crippen molar-refractivity contribution in [2.75, 3.05) is 13.1 Å². The summed E-state index contributed by atoms with van der Waals surface area (Å²) >= 11 is 0. The van der Waals surface area contributed by atoms with Gasteiger partial charge in [-0.15, -0.1) is 0 Å². The molecule has 1 saturated heterocycles. The molecular weight excluding hydrogens is 266 g/mol. The maximum atomic E-state index is 12.8. The van der Waals surface area contributed by atoms with Gasteiger partial charge in [0.2, 0.25) is 5.91 Å². The van der Waals surface area contributed by atoms with E-state index in [2.05, 4.69) is 12.1 Å². The molecule has 4 nitrogen and oxygen atoms in total. The maximum Gasteiger partial charge on any atom is 0.308 e. The molecule has 2 atom stereocenters. The zero-order chi connectivity index (χ0) is 15.0. The summed E-state index contributed by atoms with van der Waals surface area (Å²) in [5, 5.41) is 9.20. The summed E-state index contributed by atoms with van der Waals surface area (Å²) in [6.45, 7) is 2.86. The summed E-state index contributed by atoms with van der Waals surface area (Å²) in [6, 6.07) is 10.1. The van der Waals surface area contributed by atoms with E-state index in [0.29, 0.717) is 13.1 Å². The lowest BCUT2D eigenvalue weighted by molar-refractivity contribution is -0.142. The Bertz CT molecular complexity index is 550. The highest BCUT2D eigenvalue weighted by molar-refractivity contribution is 5.87. The maximum absolute atomic E-state index is 12.8. The molecule has 1 aromatic rings. The summed E-state index contributed by atoms with van der Waals surface area (Å²) in [7, 11) is 0. The lowest BCUT2D eigenvalue weighted by atomic mass is 9.95. The summed E-state index contributed by atoms with van der Waals surface area (Å²) in [5.41, 5.74) is 0.916. The van der Waals surface area contributed by atoms with Crippen molar-refractivity contribution < 1.29 is 14.7 Å². The number of hydrogen-bond acceptors (Lipinski definition) is 2. The first-order valence-corrected chi connectivity index (χ1v) is 7.58. The van der Waals surface area contributed by atoms with Crippen molar-refractivity contribution in [1.82, 2.24) is 4.90 Å². The third-order valence-corrected chi connectivity index (χ3v) is 4.91. The van der Waals surface area contributed by atoms with E-state index in [9.17, 15) is 14.7 Å². The van der Waals surface area contributed by atoms with E-state index in [4.69, 9.17) is 0 Å². The molecule has 0 unspecified atom stereocenters. The molecule has 1 amide bonds. The van der Waals surface area contributed by atoms with Crippen molar-refractivity contribution >= 4 is 11.9 Å². The van der Waals surface area contributed by atoms with Gasteiger partial charge in [-0.1, -0.05) is 37.3 Å². The number of hydrogen-bond donors (Lipinski definition) is 1. The average molecular weight is 287 g/mol. The average Bonchev–Trinajstić information content (AvgIpc) is 3.13. The molecule has 1 saturated carbocycles. The van der Waals surface area contributed by atoms with E-state index in [-0.39, 0.29) is 17.2 Å². The van der Waals surface area contributed by atoms with Crippen LogP contribution in [0.1, 0.15) is 25.3 Å². The number of carbonyl (C=O) groups excluding carboxylic acids is 1. The van der Waals surface area contributed by atoms with Gasteiger partial charge in [-0.25, -0.2) is 0 Å². The molecular formula is C17H21NO3. The first kappa shape index (κ1) is 14.1. The van der Waals surface area contributed by atoms with Crippen molar-refractivity contribution in [3.05, 3.63) is 35.9 Å². The van der Waals surface area contributed by atoms with Gasteiger partial charge in [0.25, 0.3) is 0 Å². The molecule has 0 bridgehead atoms. The van der Waals surface area contributed by atoms with Crippen molar-refractivity contribution in [3.8, 4) is 0 Å². The molecule has 1 heterocycles. The van der Waals surface area contributed by atoms with Gasteiger partial charge in [0.1, 0.15) is 0 Å². The molecule has 1 N–H and O–H groups in total. The van der Waals surface area contributed by atoms with Crippen molar-refractivity contribution in [3.63, 3.8) is 0 Å². The number of likely N-dealkylation sites (tertiary alicyclic amines) is 1. The Balaban J connectivity index is 1.70. The van der Waals surface area contributed by atoms with E-state index in [1.807, 2.05) is 25.1 Å². The van der Waals surface area contributed by atoms with Gasteiger partial charge in [-0.2, -0.15) is 0 Å². The molecule has 2 fully saturated rings. The minimum absolute atomic E-state index is 0.0407. The van der Waals surface area contributed by atoms with Gasteiger partial charge in [-0.05, 0) is 30.7 Å². The number of benzene rings is 1. The van der Waals surface area contributed by atoms with E-state index in [1.54, 1.807) is 4.90 Å². The normalized spacial score (nSPS) is 26.6. The van der Waals surface area contributed by atoms with Crippen LogP contribution < -0.4 is 0 Å². The standard InChI is InChI=1S/C17H21NO3/c1-12-10-18(11-14(12)15(19)20)16(21)17(7-8-17)9-13-5-3-2-4-6-13/h2-6,12,14H,7-11H2,1H3,(H,19,20)/t12-,14-/m1/s1. The summed E-state index contributed by atoms with van der Waals surface area (Å²) in [4.78, 5) is 25.8. The van der Waals surface area contributed by atoms with Crippen LogP contribution in [-0.4, -0.2) is 35.0 Å². The van der Waals surface area contributed by atoms with Crippen LogP contribution in [0.4, 0.5) is 0 Å². The molecule has 1 aliphatic heterocycles. The molecule has 1 aromatic carbocycles. The van der Waals surface area contributed by atoms with Crippen LogP contribution in [0, 0.1) is 17.3 Å². The Labute approximate surface area is 124 Å². The Morgan fingerprint density at radius 3 is 2.43 bits per heavy atom. The highest BCUT2D eigenvalue weighted by Crippen LogP contribution is 2.50. The highest BCUT2D eigenvalue weighted by atomic mass is 16.4. The summed E-state index contributed by atoms with van der Waals surface area (Å²) < 4.78 is 0. The molecule has 0 spiro atoms. The van der Waals surface area contributed by atoms with Crippen molar-refractivity contribution in [1.29, 1.82) is 0 Å². The van der Waals surface area contributed by atoms with E-state index < -0.39 is 11.9 Å². The topological polar surface area (TPSA) is 57.6 Å². The minimum atomic E-state index is -0.786. The largest absolute Gasteiger partial charge is 0.481 e. The molecule has 1 aliphatic carbocycles. The van der Waals surface area contributed by atoms with Gasteiger partial charge < -0.3 is 10.0 Å². The second kappa shape index (κ2) is 5.17. The predicted octanol–water partition coefficient (Wildman–Crippen LogP) is 2.19. The quantitative estimate of drug-likeness (QED) is 0.923. The monoisotopic (exact) mass is 287 g/mol. The summed E-state index contributed by atoms with van der Waals surface area (Å²) in [6.07, 6.45) is 2.61. The Hall–Kier alpha value is -1.84. The second-order valence-electron chi connectivity index (χ2n) is 6.57. The van der Waals surface area contributed by atoms with E-state index in [0.717, 1.165) is 19.3 Å². The second-order valence-corrected chi connectivity index (χ2v) is 6.57. The lowest BCUT2D eigenvalue weighted by Crippen LogP contribution is -2.37. The molecule has 0 radical (unpaired) electrons. The van der Waals surface area contributed by atoms with Crippen molar-refractivity contribution in [2.24, 2.45) is 17.3 Å². The zero-order valence-corrected chi connectivity index (χ0v) is 12.3. The number of amides is 1. The Kier molecular flexibility index (Phi) is 3.47. The fourth-order valence-corrected chi connectivity index (χ4v) is 3.39. The van der Waals surface area contributed by atoms with Gasteiger partial charge in [-0.3, -0.25) is 9.59 Å². The molecule has 2 aliphatic rings. The van der Waals surface area contributed by atoms with Gasteiger partial charge in [0.15, 0.2) is 0 Å². The predicted molar refractivity (Wildman–Crippen MR) is 78.7 cm³/mol. The first-order chi connectivity index (χ1) is 10.0. The zero-order valence-electron chi connectivity index (χ0n) is 12.3. The van der Waals surface area contributed by atoms with Crippen LogP contribution in [0.3, 0.4) is 0 Å². The fraction of sp³-hybridized carbons (Fsp3) is 0.529. The van der Waals surface area contributed by atoms with E-state index >= 15 is 0 Å². The number of nitrogens with zero attached hydrogens (tertiary/aromatic N) is 1. The third kappa shape index (κ3) is 2.67. The summed E-state index contributed by atoms with van der Waals surface area (Å²) in [5.74, 6) is -1.01. The third-order valence-electron chi connectivity index (χ3n) is 4.91. The number of aliphatic carboxylic acids is 1. The number of carboxylic acid groups (broad SMARTS) is 1. The molecule has 3 rings (SSSR count). The van der Waals surface area contributed by atoms with Crippen LogP contribution >= 0.6 is 0 Å². The Morgan fingerprint density at radius 1 is 1.24 bits per heavy atom. The molecule has 112 valence electrons. The Morgan fingerprint density at radius 2 is 1.90 bits per heavy atom. The van der Waals surface area contributed by atoms with Crippen molar-refractivity contribution in [2.45, 2.75) is 26.2 Å². The van der Waals surface area contributed by atoms with Gasteiger partial charge in [0.05, 0.1) is 11.3 Å². The van der Waals surface area contributed by atoms with Gasteiger partial charge in [0, 0.05) is 13.1 Å². The number of carboxylic acids is 1. The smallest absolute Gasteiger partial charge is 0.308 e. The van der Waals surface area contributed by atoms with Crippen LogP contribution in [0.15, 0.2) is 30.3 Å². The fourth-order valence-electron chi connectivity index (χ4n) is 3.39. The van der Waals surface area contributed by atoms with Crippen LogP contribution in [0.2, 0.25) is 0 Å². The highest BCUT2D eigenvalue weighted by Gasteiger charge is 2.53. The van der Waals surface area contributed by atoms with Crippen LogP contribution in [-0.2, 0) is 16.0 Å².